The monoisotopic (exact) mass is 281 g/mol. The van der Waals surface area contributed by atoms with Gasteiger partial charge in [0.1, 0.15) is 5.75 Å². The molecule has 0 fully saturated rings. The number of methoxy groups -OCH3 is 2. The number of hydrogen-bond donors (Lipinski definition) is 1. The minimum absolute atomic E-state index is 0.344. The summed E-state index contributed by atoms with van der Waals surface area (Å²) in [6, 6.07) is 15.3. The Hall–Kier alpha value is -2.75. The number of para-hydroxylation sites is 1. The lowest BCUT2D eigenvalue weighted by Gasteiger charge is -2.02. The number of carbonyl (C=O) groups excluding carboxylic acids is 1. The quantitative estimate of drug-likeness (QED) is 0.746. The molecular formula is C17H15NO3. The van der Waals surface area contributed by atoms with E-state index in [4.69, 9.17) is 9.47 Å². The van der Waals surface area contributed by atoms with Crippen molar-refractivity contribution in [3.8, 4) is 17.0 Å². The molecule has 3 rings (SSSR count). The molecule has 0 saturated carbocycles. The Morgan fingerprint density at radius 1 is 1.05 bits per heavy atom. The van der Waals surface area contributed by atoms with Crippen LogP contribution in [0.4, 0.5) is 0 Å². The molecule has 0 aliphatic carbocycles. The summed E-state index contributed by atoms with van der Waals surface area (Å²) < 4.78 is 9.97. The van der Waals surface area contributed by atoms with Crippen LogP contribution in [0.1, 0.15) is 10.4 Å². The molecule has 0 amide bonds. The van der Waals surface area contributed by atoms with E-state index in [-0.39, 0.29) is 5.97 Å². The number of fused-ring (bicyclic) bond motifs is 1. The molecule has 0 bridgehead atoms. The SMILES string of the molecule is COC(=O)c1cccc2cc(-c3ccc(OC)cc3)[nH]c12. The molecule has 2 aromatic carbocycles. The Morgan fingerprint density at radius 3 is 2.48 bits per heavy atom. The fraction of sp³-hybridized carbons (Fsp3) is 0.118. The molecule has 1 aromatic heterocycles. The first-order chi connectivity index (χ1) is 10.2. The smallest absolute Gasteiger partial charge is 0.339 e. The van der Waals surface area contributed by atoms with Crippen molar-refractivity contribution >= 4 is 16.9 Å². The van der Waals surface area contributed by atoms with E-state index in [2.05, 4.69) is 4.98 Å². The summed E-state index contributed by atoms with van der Waals surface area (Å²) in [6.45, 7) is 0. The molecule has 0 aliphatic heterocycles. The molecule has 0 unspecified atom stereocenters. The minimum Gasteiger partial charge on any atom is -0.497 e. The Morgan fingerprint density at radius 2 is 1.81 bits per heavy atom. The van der Waals surface area contributed by atoms with Gasteiger partial charge in [-0.05, 0) is 42.0 Å². The van der Waals surface area contributed by atoms with Gasteiger partial charge in [-0.25, -0.2) is 4.79 Å². The number of nitrogens with one attached hydrogen (secondary N) is 1. The van der Waals surface area contributed by atoms with Crippen LogP contribution in [0.3, 0.4) is 0 Å². The molecular weight excluding hydrogens is 266 g/mol. The van der Waals surface area contributed by atoms with E-state index in [0.29, 0.717) is 5.56 Å². The average Bonchev–Trinajstić information content (AvgIpc) is 2.98. The lowest BCUT2D eigenvalue weighted by atomic mass is 10.1. The molecule has 1 N–H and O–H groups in total. The van der Waals surface area contributed by atoms with Crippen molar-refractivity contribution in [2.45, 2.75) is 0 Å². The number of rotatable bonds is 3. The van der Waals surface area contributed by atoms with Crippen molar-refractivity contribution in [2.75, 3.05) is 14.2 Å². The van der Waals surface area contributed by atoms with Crippen LogP contribution in [-0.2, 0) is 4.74 Å². The topological polar surface area (TPSA) is 51.3 Å². The molecule has 0 atom stereocenters. The van der Waals surface area contributed by atoms with E-state index >= 15 is 0 Å². The van der Waals surface area contributed by atoms with Crippen LogP contribution in [0.2, 0.25) is 0 Å². The van der Waals surface area contributed by atoms with Crippen molar-refractivity contribution in [1.82, 2.24) is 4.98 Å². The largest absolute Gasteiger partial charge is 0.497 e. The standard InChI is InChI=1S/C17H15NO3/c1-20-13-8-6-11(7-9-13)15-10-12-4-3-5-14(16(12)18-15)17(19)21-2/h3-10,18H,1-2H3. The van der Waals surface area contributed by atoms with Gasteiger partial charge in [-0.1, -0.05) is 12.1 Å². The van der Waals surface area contributed by atoms with Crippen molar-refractivity contribution in [1.29, 1.82) is 0 Å². The molecule has 0 saturated heterocycles. The van der Waals surface area contributed by atoms with Crippen LogP contribution in [0.25, 0.3) is 22.2 Å². The Bertz CT molecular complexity index is 787. The number of hydrogen-bond acceptors (Lipinski definition) is 3. The third-order valence-electron chi connectivity index (χ3n) is 3.46. The van der Waals surface area contributed by atoms with Gasteiger partial charge in [0.2, 0.25) is 0 Å². The van der Waals surface area contributed by atoms with Crippen molar-refractivity contribution < 1.29 is 14.3 Å². The molecule has 4 nitrogen and oxygen atoms in total. The lowest BCUT2D eigenvalue weighted by molar-refractivity contribution is 0.0603. The summed E-state index contributed by atoms with van der Waals surface area (Å²) in [4.78, 5) is 15.1. The molecule has 21 heavy (non-hydrogen) atoms. The van der Waals surface area contributed by atoms with Crippen LogP contribution in [-0.4, -0.2) is 25.2 Å². The van der Waals surface area contributed by atoms with Crippen LogP contribution >= 0.6 is 0 Å². The normalized spacial score (nSPS) is 10.6. The fourth-order valence-electron chi connectivity index (χ4n) is 2.36. The third kappa shape index (κ3) is 2.36. The minimum atomic E-state index is -0.344. The number of esters is 1. The maximum Gasteiger partial charge on any atom is 0.339 e. The van der Waals surface area contributed by atoms with Crippen LogP contribution in [0.15, 0.2) is 48.5 Å². The highest BCUT2D eigenvalue weighted by Crippen LogP contribution is 2.27. The number of aromatic amines is 1. The van der Waals surface area contributed by atoms with Crippen LogP contribution < -0.4 is 4.74 Å². The van der Waals surface area contributed by atoms with Crippen LogP contribution in [0, 0.1) is 0 Å². The number of ether oxygens (including phenoxy) is 2. The molecule has 0 aliphatic rings. The van der Waals surface area contributed by atoms with Gasteiger partial charge in [-0.15, -0.1) is 0 Å². The number of carbonyl (C=O) groups is 1. The zero-order valence-corrected chi connectivity index (χ0v) is 11.8. The van der Waals surface area contributed by atoms with Gasteiger partial charge in [-0.2, -0.15) is 0 Å². The number of benzene rings is 2. The van der Waals surface area contributed by atoms with Gasteiger partial charge >= 0.3 is 5.97 Å². The van der Waals surface area contributed by atoms with E-state index in [1.807, 2.05) is 42.5 Å². The predicted octanol–water partition coefficient (Wildman–Crippen LogP) is 3.63. The second-order valence-electron chi connectivity index (χ2n) is 4.67. The van der Waals surface area contributed by atoms with E-state index < -0.39 is 0 Å². The molecule has 1 heterocycles. The van der Waals surface area contributed by atoms with Gasteiger partial charge in [-0.3, -0.25) is 0 Å². The number of H-pyrrole nitrogens is 1. The Labute approximate surface area is 122 Å². The van der Waals surface area contributed by atoms with Gasteiger partial charge in [0.15, 0.2) is 0 Å². The van der Waals surface area contributed by atoms with Gasteiger partial charge in [0.25, 0.3) is 0 Å². The van der Waals surface area contributed by atoms with E-state index in [1.54, 1.807) is 13.2 Å². The zero-order chi connectivity index (χ0) is 14.8. The summed E-state index contributed by atoms with van der Waals surface area (Å²) >= 11 is 0. The maximum atomic E-state index is 11.8. The first-order valence-electron chi connectivity index (χ1n) is 6.57. The molecule has 0 spiro atoms. The van der Waals surface area contributed by atoms with Gasteiger partial charge in [0, 0.05) is 11.1 Å². The molecule has 106 valence electrons. The third-order valence-corrected chi connectivity index (χ3v) is 3.46. The summed E-state index contributed by atoms with van der Waals surface area (Å²) in [7, 11) is 3.02. The molecule has 4 heteroatoms. The highest BCUT2D eigenvalue weighted by Gasteiger charge is 2.13. The van der Waals surface area contributed by atoms with Gasteiger partial charge < -0.3 is 14.5 Å². The van der Waals surface area contributed by atoms with Crippen molar-refractivity contribution in [3.05, 3.63) is 54.1 Å². The Balaban J connectivity index is 2.10. The number of aromatic nitrogens is 1. The summed E-state index contributed by atoms with van der Waals surface area (Å²) in [6.07, 6.45) is 0. The van der Waals surface area contributed by atoms with Gasteiger partial charge in [0.05, 0.1) is 25.3 Å². The first kappa shape index (κ1) is 13.2. The maximum absolute atomic E-state index is 11.8. The Kier molecular flexibility index (Phi) is 3.36. The van der Waals surface area contributed by atoms with Crippen molar-refractivity contribution in [2.24, 2.45) is 0 Å². The first-order valence-corrected chi connectivity index (χ1v) is 6.57. The summed E-state index contributed by atoms with van der Waals surface area (Å²) in [5.41, 5.74) is 3.30. The average molecular weight is 281 g/mol. The summed E-state index contributed by atoms with van der Waals surface area (Å²) in [5.74, 6) is 0.467. The van der Waals surface area contributed by atoms with E-state index in [0.717, 1.165) is 27.9 Å². The summed E-state index contributed by atoms with van der Waals surface area (Å²) in [5, 5.41) is 0.976. The highest BCUT2D eigenvalue weighted by molar-refractivity contribution is 6.04. The second kappa shape index (κ2) is 5.32. The van der Waals surface area contributed by atoms with E-state index in [9.17, 15) is 4.79 Å². The molecule has 0 radical (unpaired) electrons. The van der Waals surface area contributed by atoms with Crippen molar-refractivity contribution in [3.63, 3.8) is 0 Å². The predicted molar refractivity (Wildman–Crippen MR) is 81.6 cm³/mol. The lowest BCUT2D eigenvalue weighted by Crippen LogP contribution is -2.01. The fourth-order valence-corrected chi connectivity index (χ4v) is 2.36. The van der Waals surface area contributed by atoms with E-state index in [1.165, 1.54) is 7.11 Å². The van der Waals surface area contributed by atoms with Crippen LogP contribution in [0.5, 0.6) is 5.75 Å². The second-order valence-corrected chi connectivity index (χ2v) is 4.67. The highest BCUT2D eigenvalue weighted by atomic mass is 16.5. The zero-order valence-electron chi connectivity index (χ0n) is 11.8. The molecule has 3 aromatic rings.